The Morgan fingerprint density at radius 1 is 0.895 bits per heavy atom. The van der Waals surface area contributed by atoms with Crippen molar-refractivity contribution < 1.29 is 9.53 Å². The van der Waals surface area contributed by atoms with Gasteiger partial charge in [-0.15, -0.1) is 0 Å². The average Bonchev–Trinajstić information content (AvgIpc) is 2.47. The molecule has 0 atom stereocenters. The van der Waals surface area contributed by atoms with Gasteiger partial charge < -0.3 is 4.74 Å². The monoisotopic (exact) mass is 254 g/mol. The lowest BCUT2D eigenvalue weighted by atomic mass is 9.98. The van der Waals surface area contributed by atoms with E-state index in [0.29, 0.717) is 6.42 Å². The molecule has 2 heteroatoms. The van der Waals surface area contributed by atoms with Crippen LogP contribution in [0.25, 0.3) is 0 Å². The van der Waals surface area contributed by atoms with Crippen LogP contribution in [-0.4, -0.2) is 13.1 Å². The summed E-state index contributed by atoms with van der Waals surface area (Å²) in [6.45, 7) is 0. The van der Waals surface area contributed by atoms with Crippen molar-refractivity contribution in [2.75, 3.05) is 7.11 Å². The molecule has 0 amide bonds. The number of esters is 1. The molecular formula is C17H18O2. The highest BCUT2D eigenvalue weighted by Gasteiger charge is 2.07. The third kappa shape index (κ3) is 3.95. The molecule has 0 heterocycles. The van der Waals surface area contributed by atoms with Gasteiger partial charge in [-0.1, -0.05) is 54.6 Å². The van der Waals surface area contributed by atoms with Crippen LogP contribution < -0.4 is 0 Å². The van der Waals surface area contributed by atoms with Gasteiger partial charge in [-0.05, 0) is 29.5 Å². The fraction of sp³-hybridized carbons (Fsp3) is 0.235. The van der Waals surface area contributed by atoms with E-state index in [0.717, 1.165) is 18.4 Å². The molecule has 0 spiro atoms. The molecule has 0 N–H and O–H groups in total. The number of hydrogen-bond acceptors (Lipinski definition) is 2. The summed E-state index contributed by atoms with van der Waals surface area (Å²) in [4.78, 5) is 11.4. The fourth-order valence-corrected chi connectivity index (χ4v) is 2.13. The number of benzene rings is 2. The molecule has 0 aliphatic carbocycles. The Morgan fingerprint density at radius 2 is 1.53 bits per heavy atom. The first-order valence-corrected chi connectivity index (χ1v) is 6.47. The highest BCUT2D eigenvalue weighted by Crippen LogP contribution is 2.13. The molecule has 0 bridgehead atoms. The third-order valence-corrected chi connectivity index (χ3v) is 3.21. The van der Waals surface area contributed by atoms with E-state index in [1.54, 1.807) is 0 Å². The van der Waals surface area contributed by atoms with Crippen LogP contribution in [0.2, 0.25) is 0 Å². The molecule has 0 radical (unpaired) electrons. The fourth-order valence-electron chi connectivity index (χ4n) is 2.13. The molecule has 0 saturated heterocycles. The Morgan fingerprint density at radius 3 is 2.21 bits per heavy atom. The Bertz CT molecular complexity index is 532. The van der Waals surface area contributed by atoms with Crippen molar-refractivity contribution in [2.45, 2.75) is 19.3 Å². The van der Waals surface area contributed by atoms with Gasteiger partial charge in [0.1, 0.15) is 0 Å². The lowest BCUT2D eigenvalue weighted by molar-refractivity contribution is -0.139. The molecule has 0 fully saturated rings. The number of rotatable bonds is 5. The van der Waals surface area contributed by atoms with Crippen molar-refractivity contribution in [3.63, 3.8) is 0 Å². The second-order valence-electron chi connectivity index (χ2n) is 4.51. The predicted molar refractivity (Wildman–Crippen MR) is 76.0 cm³/mol. The summed E-state index contributed by atoms with van der Waals surface area (Å²) in [5, 5.41) is 0. The maximum atomic E-state index is 11.4. The van der Waals surface area contributed by atoms with Crippen LogP contribution in [0.5, 0.6) is 0 Å². The summed E-state index contributed by atoms with van der Waals surface area (Å²) >= 11 is 0. The minimum absolute atomic E-state index is 0.188. The molecule has 2 rings (SSSR count). The van der Waals surface area contributed by atoms with Crippen molar-refractivity contribution >= 4 is 5.97 Å². The van der Waals surface area contributed by atoms with Crippen LogP contribution in [0, 0.1) is 0 Å². The van der Waals surface area contributed by atoms with Gasteiger partial charge in [0.15, 0.2) is 0 Å². The van der Waals surface area contributed by atoms with Crippen molar-refractivity contribution in [2.24, 2.45) is 0 Å². The van der Waals surface area contributed by atoms with Gasteiger partial charge in [0, 0.05) is 0 Å². The Balaban J connectivity index is 2.05. The van der Waals surface area contributed by atoms with Gasteiger partial charge in [-0.25, -0.2) is 0 Å². The van der Waals surface area contributed by atoms with Crippen molar-refractivity contribution in [3.05, 3.63) is 71.3 Å². The van der Waals surface area contributed by atoms with Gasteiger partial charge >= 0.3 is 5.97 Å². The zero-order chi connectivity index (χ0) is 13.5. The molecule has 2 nitrogen and oxygen atoms in total. The second kappa shape index (κ2) is 6.74. The lowest BCUT2D eigenvalue weighted by Crippen LogP contribution is -2.07. The second-order valence-corrected chi connectivity index (χ2v) is 4.51. The van der Waals surface area contributed by atoms with Crippen LogP contribution in [0.1, 0.15) is 16.7 Å². The zero-order valence-corrected chi connectivity index (χ0v) is 11.1. The minimum Gasteiger partial charge on any atom is -0.469 e. The van der Waals surface area contributed by atoms with E-state index in [1.165, 1.54) is 18.2 Å². The van der Waals surface area contributed by atoms with Crippen molar-refractivity contribution in [3.8, 4) is 0 Å². The number of methoxy groups -OCH3 is 1. The van der Waals surface area contributed by atoms with E-state index >= 15 is 0 Å². The number of carbonyl (C=O) groups excluding carboxylic acids is 1. The molecule has 0 saturated carbocycles. The largest absolute Gasteiger partial charge is 0.469 e. The summed E-state index contributed by atoms with van der Waals surface area (Å²) in [6, 6.07) is 18.4. The van der Waals surface area contributed by atoms with Gasteiger partial charge in [-0.2, -0.15) is 0 Å². The first kappa shape index (κ1) is 13.3. The Hall–Kier alpha value is -2.09. The minimum atomic E-state index is -0.188. The van der Waals surface area contributed by atoms with Gasteiger partial charge in [0.2, 0.25) is 0 Å². The summed E-state index contributed by atoms with van der Waals surface area (Å²) in [6.07, 6.45) is 2.28. The number of carbonyl (C=O) groups is 1. The topological polar surface area (TPSA) is 26.3 Å². The highest BCUT2D eigenvalue weighted by molar-refractivity contribution is 5.72. The number of hydrogen-bond donors (Lipinski definition) is 0. The molecule has 0 unspecified atom stereocenters. The maximum absolute atomic E-state index is 11.4. The van der Waals surface area contributed by atoms with E-state index in [2.05, 4.69) is 30.3 Å². The van der Waals surface area contributed by atoms with E-state index in [4.69, 9.17) is 4.74 Å². The van der Waals surface area contributed by atoms with Gasteiger partial charge in [0.05, 0.1) is 13.5 Å². The quantitative estimate of drug-likeness (QED) is 0.766. The SMILES string of the molecule is COC(=O)Cc1ccccc1CCc1ccccc1. The number of aryl methyl sites for hydroxylation is 2. The Labute approximate surface area is 114 Å². The summed E-state index contributed by atoms with van der Waals surface area (Å²) < 4.78 is 4.73. The maximum Gasteiger partial charge on any atom is 0.309 e. The molecule has 0 aromatic heterocycles. The summed E-state index contributed by atoms with van der Waals surface area (Å²) in [7, 11) is 1.43. The lowest BCUT2D eigenvalue weighted by Gasteiger charge is -2.08. The van der Waals surface area contributed by atoms with Crippen LogP contribution in [0.15, 0.2) is 54.6 Å². The molecule has 2 aromatic carbocycles. The van der Waals surface area contributed by atoms with Crippen LogP contribution in [0.4, 0.5) is 0 Å². The zero-order valence-electron chi connectivity index (χ0n) is 11.1. The van der Waals surface area contributed by atoms with Crippen LogP contribution in [0.3, 0.4) is 0 Å². The van der Waals surface area contributed by atoms with E-state index < -0.39 is 0 Å². The molecule has 0 aliphatic rings. The first-order chi connectivity index (χ1) is 9.29. The van der Waals surface area contributed by atoms with Gasteiger partial charge in [-0.3, -0.25) is 4.79 Å². The van der Waals surface area contributed by atoms with E-state index in [1.807, 2.05) is 24.3 Å². The van der Waals surface area contributed by atoms with Crippen molar-refractivity contribution in [1.82, 2.24) is 0 Å². The first-order valence-electron chi connectivity index (χ1n) is 6.47. The molecular weight excluding hydrogens is 236 g/mol. The predicted octanol–water partition coefficient (Wildman–Crippen LogP) is 3.19. The highest BCUT2D eigenvalue weighted by atomic mass is 16.5. The smallest absolute Gasteiger partial charge is 0.309 e. The summed E-state index contributed by atoms with van der Waals surface area (Å²) in [5.41, 5.74) is 3.59. The van der Waals surface area contributed by atoms with Crippen LogP contribution >= 0.6 is 0 Å². The van der Waals surface area contributed by atoms with E-state index in [-0.39, 0.29) is 5.97 Å². The van der Waals surface area contributed by atoms with Gasteiger partial charge in [0.25, 0.3) is 0 Å². The van der Waals surface area contributed by atoms with E-state index in [9.17, 15) is 4.79 Å². The Kier molecular flexibility index (Phi) is 4.73. The summed E-state index contributed by atoms with van der Waals surface area (Å²) in [5.74, 6) is -0.188. The third-order valence-electron chi connectivity index (χ3n) is 3.21. The molecule has 2 aromatic rings. The van der Waals surface area contributed by atoms with Crippen molar-refractivity contribution in [1.29, 1.82) is 0 Å². The standard InChI is InChI=1S/C17H18O2/c1-19-17(18)13-16-10-6-5-9-15(16)12-11-14-7-3-2-4-8-14/h2-10H,11-13H2,1H3. The molecule has 0 aliphatic heterocycles. The molecule has 98 valence electrons. The normalized spacial score (nSPS) is 10.2. The number of ether oxygens (including phenoxy) is 1. The van der Waals surface area contributed by atoms with Crippen LogP contribution in [-0.2, 0) is 28.8 Å². The molecule has 19 heavy (non-hydrogen) atoms. The average molecular weight is 254 g/mol.